The van der Waals surface area contributed by atoms with E-state index in [0.29, 0.717) is 17.9 Å². The van der Waals surface area contributed by atoms with Crippen LogP contribution in [-0.2, 0) is 0 Å². The van der Waals surface area contributed by atoms with Crippen LogP contribution in [0.1, 0.15) is 30.3 Å². The Morgan fingerprint density at radius 2 is 2.38 bits per heavy atom. The van der Waals surface area contributed by atoms with Gasteiger partial charge in [-0.25, -0.2) is 4.98 Å². The van der Waals surface area contributed by atoms with E-state index in [2.05, 4.69) is 4.98 Å². The molecular formula is C10H13NO2. The third-order valence-corrected chi connectivity index (χ3v) is 1.73. The van der Waals surface area contributed by atoms with Crippen molar-refractivity contribution in [1.29, 1.82) is 0 Å². The zero-order chi connectivity index (χ0) is 9.68. The van der Waals surface area contributed by atoms with Gasteiger partial charge in [0, 0.05) is 12.6 Å². The second-order valence-electron chi connectivity index (χ2n) is 2.73. The molecule has 0 aliphatic rings. The van der Waals surface area contributed by atoms with Gasteiger partial charge in [-0.15, -0.1) is 0 Å². The molecule has 0 aliphatic heterocycles. The Morgan fingerprint density at radius 3 is 3.00 bits per heavy atom. The lowest BCUT2D eigenvalue weighted by Crippen LogP contribution is -2.03. The minimum Gasteiger partial charge on any atom is -0.494 e. The van der Waals surface area contributed by atoms with Crippen molar-refractivity contribution in [3.63, 3.8) is 0 Å². The van der Waals surface area contributed by atoms with Crippen molar-refractivity contribution in [1.82, 2.24) is 4.98 Å². The highest BCUT2D eigenvalue weighted by atomic mass is 16.5. The van der Waals surface area contributed by atoms with E-state index in [1.54, 1.807) is 25.4 Å². The van der Waals surface area contributed by atoms with Crippen LogP contribution in [0, 0.1) is 0 Å². The third kappa shape index (κ3) is 2.28. The average Bonchev–Trinajstić information content (AvgIpc) is 2.18. The van der Waals surface area contributed by atoms with E-state index >= 15 is 0 Å². The summed E-state index contributed by atoms with van der Waals surface area (Å²) >= 11 is 0. The van der Waals surface area contributed by atoms with Crippen molar-refractivity contribution in [2.45, 2.75) is 19.8 Å². The Hall–Kier alpha value is -1.38. The number of nitrogens with zero attached hydrogens (tertiary/aromatic N) is 1. The standard InChI is InChI=1S/C10H13NO2/c1-3-5-8(12)10-9(13-2)6-4-7-11-10/h4,6-7H,3,5H2,1-2H3. The van der Waals surface area contributed by atoms with Crippen LogP contribution in [0.15, 0.2) is 18.3 Å². The summed E-state index contributed by atoms with van der Waals surface area (Å²) in [4.78, 5) is 15.5. The van der Waals surface area contributed by atoms with Crippen LogP contribution in [-0.4, -0.2) is 17.9 Å². The molecule has 1 aromatic heterocycles. The van der Waals surface area contributed by atoms with Gasteiger partial charge in [-0.1, -0.05) is 6.92 Å². The molecule has 13 heavy (non-hydrogen) atoms. The van der Waals surface area contributed by atoms with E-state index in [-0.39, 0.29) is 5.78 Å². The first-order valence-electron chi connectivity index (χ1n) is 4.31. The van der Waals surface area contributed by atoms with E-state index in [4.69, 9.17) is 4.74 Å². The van der Waals surface area contributed by atoms with Gasteiger partial charge >= 0.3 is 0 Å². The lowest BCUT2D eigenvalue weighted by atomic mass is 10.1. The number of pyridine rings is 1. The fourth-order valence-electron chi connectivity index (χ4n) is 1.11. The number of aromatic nitrogens is 1. The van der Waals surface area contributed by atoms with E-state index in [9.17, 15) is 4.79 Å². The highest BCUT2D eigenvalue weighted by molar-refractivity contribution is 5.96. The van der Waals surface area contributed by atoms with Gasteiger partial charge in [-0.3, -0.25) is 4.79 Å². The van der Waals surface area contributed by atoms with Crippen molar-refractivity contribution < 1.29 is 9.53 Å². The summed E-state index contributed by atoms with van der Waals surface area (Å²) in [5.41, 5.74) is 0.437. The summed E-state index contributed by atoms with van der Waals surface area (Å²) in [5.74, 6) is 0.598. The van der Waals surface area contributed by atoms with Gasteiger partial charge in [0.15, 0.2) is 5.78 Å². The van der Waals surface area contributed by atoms with Gasteiger partial charge in [-0.05, 0) is 18.6 Å². The fraction of sp³-hybridized carbons (Fsp3) is 0.400. The van der Waals surface area contributed by atoms with Crippen LogP contribution in [0.4, 0.5) is 0 Å². The molecule has 0 N–H and O–H groups in total. The third-order valence-electron chi connectivity index (χ3n) is 1.73. The summed E-state index contributed by atoms with van der Waals surface area (Å²) in [6, 6.07) is 3.50. The molecule has 0 fully saturated rings. The van der Waals surface area contributed by atoms with Crippen molar-refractivity contribution >= 4 is 5.78 Å². The zero-order valence-electron chi connectivity index (χ0n) is 7.91. The lowest BCUT2D eigenvalue weighted by Gasteiger charge is -2.04. The highest BCUT2D eigenvalue weighted by Crippen LogP contribution is 2.16. The topological polar surface area (TPSA) is 39.2 Å². The van der Waals surface area contributed by atoms with E-state index in [1.165, 1.54) is 0 Å². The van der Waals surface area contributed by atoms with Crippen molar-refractivity contribution in [3.05, 3.63) is 24.0 Å². The fourth-order valence-corrected chi connectivity index (χ4v) is 1.11. The minimum atomic E-state index is 0.0416. The Kier molecular flexibility index (Phi) is 3.43. The smallest absolute Gasteiger partial charge is 0.184 e. The summed E-state index contributed by atoms with van der Waals surface area (Å²) < 4.78 is 5.03. The van der Waals surface area contributed by atoms with Gasteiger partial charge < -0.3 is 4.74 Å². The number of Topliss-reactive ketones (excluding diaryl/α,β-unsaturated/α-hetero) is 1. The van der Waals surface area contributed by atoms with Crippen LogP contribution in [0.25, 0.3) is 0 Å². The van der Waals surface area contributed by atoms with Crippen molar-refractivity contribution in [3.8, 4) is 5.75 Å². The van der Waals surface area contributed by atoms with Crippen LogP contribution in [0.5, 0.6) is 5.75 Å². The van der Waals surface area contributed by atoms with Gasteiger partial charge in [0.25, 0.3) is 0 Å². The molecule has 3 heteroatoms. The summed E-state index contributed by atoms with van der Waals surface area (Å²) in [6.45, 7) is 1.97. The number of hydrogen-bond acceptors (Lipinski definition) is 3. The highest BCUT2D eigenvalue weighted by Gasteiger charge is 2.11. The predicted molar refractivity (Wildman–Crippen MR) is 50.0 cm³/mol. The molecule has 0 amide bonds. The number of methoxy groups -OCH3 is 1. The maximum absolute atomic E-state index is 11.5. The van der Waals surface area contributed by atoms with Gasteiger partial charge in [0.2, 0.25) is 0 Å². The molecular weight excluding hydrogens is 166 g/mol. The van der Waals surface area contributed by atoms with E-state index in [1.807, 2.05) is 6.92 Å². The first-order chi connectivity index (χ1) is 6.29. The van der Waals surface area contributed by atoms with Crippen LogP contribution < -0.4 is 4.74 Å². The van der Waals surface area contributed by atoms with Crippen molar-refractivity contribution in [2.24, 2.45) is 0 Å². The number of rotatable bonds is 4. The zero-order valence-corrected chi connectivity index (χ0v) is 7.91. The number of hydrogen-bond donors (Lipinski definition) is 0. The molecule has 0 bridgehead atoms. The molecule has 1 heterocycles. The summed E-state index contributed by atoms with van der Waals surface area (Å²) in [5, 5.41) is 0. The molecule has 0 atom stereocenters. The Bertz CT molecular complexity index is 297. The number of ether oxygens (including phenoxy) is 1. The van der Waals surface area contributed by atoms with Gasteiger partial charge in [0.05, 0.1) is 7.11 Å². The maximum atomic E-state index is 11.5. The number of carbonyl (C=O) groups is 1. The first kappa shape index (κ1) is 9.71. The molecule has 70 valence electrons. The second kappa shape index (κ2) is 4.60. The molecule has 0 saturated carbocycles. The SMILES string of the molecule is CCCC(=O)c1ncccc1OC. The maximum Gasteiger partial charge on any atom is 0.184 e. The monoisotopic (exact) mass is 179 g/mol. The molecule has 1 rings (SSSR count). The first-order valence-corrected chi connectivity index (χ1v) is 4.31. The van der Waals surface area contributed by atoms with Crippen LogP contribution in [0.2, 0.25) is 0 Å². The molecule has 0 aromatic carbocycles. The molecule has 0 radical (unpaired) electrons. The van der Waals surface area contributed by atoms with Crippen molar-refractivity contribution in [2.75, 3.05) is 7.11 Å². The quantitative estimate of drug-likeness (QED) is 0.664. The molecule has 0 saturated heterocycles. The molecule has 0 unspecified atom stereocenters. The molecule has 1 aromatic rings. The second-order valence-corrected chi connectivity index (χ2v) is 2.73. The summed E-state index contributed by atoms with van der Waals surface area (Å²) in [6.07, 6.45) is 2.96. The Balaban J connectivity index is 2.92. The molecule has 3 nitrogen and oxygen atoms in total. The van der Waals surface area contributed by atoms with E-state index in [0.717, 1.165) is 6.42 Å². The minimum absolute atomic E-state index is 0.0416. The number of carbonyl (C=O) groups excluding carboxylic acids is 1. The Labute approximate surface area is 77.8 Å². The Morgan fingerprint density at radius 1 is 1.62 bits per heavy atom. The van der Waals surface area contributed by atoms with E-state index < -0.39 is 0 Å². The van der Waals surface area contributed by atoms with Crippen LogP contribution in [0.3, 0.4) is 0 Å². The average molecular weight is 179 g/mol. The van der Waals surface area contributed by atoms with Gasteiger partial charge in [0.1, 0.15) is 11.4 Å². The predicted octanol–water partition coefficient (Wildman–Crippen LogP) is 2.07. The largest absolute Gasteiger partial charge is 0.494 e. The molecule has 0 aliphatic carbocycles. The van der Waals surface area contributed by atoms with Crippen LogP contribution >= 0.6 is 0 Å². The lowest BCUT2D eigenvalue weighted by molar-refractivity contribution is 0.0973. The van der Waals surface area contributed by atoms with Gasteiger partial charge in [-0.2, -0.15) is 0 Å². The molecule has 0 spiro atoms. The normalized spacial score (nSPS) is 9.69. The number of ketones is 1. The summed E-state index contributed by atoms with van der Waals surface area (Å²) in [7, 11) is 1.54.